The van der Waals surface area contributed by atoms with Crippen molar-refractivity contribution in [3.63, 3.8) is 0 Å². The smallest absolute Gasteiger partial charge is 0.353 e. The van der Waals surface area contributed by atoms with Crippen molar-refractivity contribution in [3.05, 3.63) is 82.2 Å². The zero-order valence-corrected chi connectivity index (χ0v) is 15.0. The molecule has 0 spiro atoms. The van der Waals surface area contributed by atoms with E-state index in [1.807, 2.05) is 30.3 Å². The zero-order chi connectivity index (χ0) is 19.9. The topological polar surface area (TPSA) is 119 Å². The average molecular weight is 379 g/mol. The third-order valence-electron chi connectivity index (χ3n) is 3.88. The van der Waals surface area contributed by atoms with Gasteiger partial charge in [0.15, 0.2) is 0 Å². The summed E-state index contributed by atoms with van der Waals surface area (Å²) in [6, 6.07) is 15.8. The van der Waals surface area contributed by atoms with E-state index in [4.69, 9.17) is 0 Å². The second-order valence-corrected chi connectivity index (χ2v) is 5.71. The molecule has 3 rings (SSSR count). The SMILES string of the molecule is COC(=O)c1ccc(Nc2ncnc(NCc3ccccc3)c2[N+](=O)[O-])cc1. The fourth-order valence-electron chi connectivity index (χ4n) is 2.50. The Morgan fingerprint density at radius 2 is 1.75 bits per heavy atom. The second kappa shape index (κ2) is 8.58. The van der Waals surface area contributed by atoms with Crippen molar-refractivity contribution in [2.75, 3.05) is 17.7 Å². The van der Waals surface area contributed by atoms with E-state index in [0.717, 1.165) is 5.56 Å². The van der Waals surface area contributed by atoms with Crippen LogP contribution in [0.4, 0.5) is 23.0 Å². The van der Waals surface area contributed by atoms with Crippen molar-refractivity contribution >= 4 is 29.0 Å². The van der Waals surface area contributed by atoms with E-state index in [1.54, 1.807) is 24.3 Å². The molecule has 28 heavy (non-hydrogen) atoms. The Bertz CT molecular complexity index is 977. The zero-order valence-electron chi connectivity index (χ0n) is 15.0. The number of aromatic nitrogens is 2. The van der Waals surface area contributed by atoms with Crippen molar-refractivity contribution in [1.82, 2.24) is 9.97 Å². The molecule has 0 amide bonds. The molecule has 0 saturated carbocycles. The first-order valence-electron chi connectivity index (χ1n) is 8.31. The molecule has 0 aliphatic carbocycles. The first-order chi connectivity index (χ1) is 13.6. The molecular formula is C19H17N5O4. The van der Waals surface area contributed by atoms with Gasteiger partial charge in [0.25, 0.3) is 0 Å². The molecule has 142 valence electrons. The third kappa shape index (κ3) is 4.39. The van der Waals surface area contributed by atoms with Gasteiger partial charge in [-0.15, -0.1) is 0 Å². The molecule has 0 aliphatic rings. The number of anilines is 3. The summed E-state index contributed by atoms with van der Waals surface area (Å²) in [6.07, 6.45) is 1.24. The normalized spacial score (nSPS) is 10.2. The van der Waals surface area contributed by atoms with Crippen LogP contribution in [0.15, 0.2) is 60.9 Å². The Balaban J connectivity index is 1.82. The average Bonchev–Trinajstić information content (AvgIpc) is 2.73. The summed E-state index contributed by atoms with van der Waals surface area (Å²) < 4.78 is 4.65. The van der Waals surface area contributed by atoms with E-state index >= 15 is 0 Å². The van der Waals surface area contributed by atoms with Gasteiger partial charge < -0.3 is 15.4 Å². The number of esters is 1. The standard InChI is InChI=1S/C19H17N5O4/c1-28-19(25)14-7-9-15(10-8-14)23-18-16(24(26)27)17(21-12-22-18)20-11-13-5-3-2-4-6-13/h2-10,12H,11H2,1H3,(H2,20,21,22,23). The summed E-state index contributed by atoms with van der Waals surface area (Å²) in [6.45, 7) is 0.381. The Morgan fingerprint density at radius 1 is 1.07 bits per heavy atom. The number of nitro groups is 1. The van der Waals surface area contributed by atoms with Crippen LogP contribution in [0.2, 0.25) is 0 Å². The van der Waals surface area contributed by atoms with Crippen LogP contribution >= 0.6 is 0 Å². The van der Waals surface area contributed by atoms with Crippen molar-refractivity contribution in [2.45, 2.75) is 6.54 Å². The molecular weight excluding hydrogens is 362 g/mol. The minimum absolute atomic E-state index is 0.0429. The number of hydrogen-bond acceptors (Lipinski definition) is 8. The van der Waals surface area contributed by atoms with Crippen LogP contribution in [0.5, 0.6) is 0 Å². The van der Waals surface area contributed by atoms with E-state index in [0.29, 0.717) is 17.8 Å². The number of hydrogen-bond donors (Lipinski definition) is 2. The molecule has 2 aromatic carbocycles. The lowest BCUT2D eigenvalue weighted by Gasteiger charge is -2.10. The minimum atomic E-state index is -0.543. The van der Waals surface area contributed by atoms with E-state index in [2.05, 4.69) is 25.3 Å². The highest BCUT2D eigenvalue weighted by molar-refractivity contribution is 5.89. The van der Waals surface area contributed by atoms with E-state index < -0.39 is 10.9 Å². The van der Waals surface area contributed by atoms with Crippen LogP contribution in [0.3, 0.4) is 0 Å². The van der Waals surface area contributed by atoms with Crippen LogP contribution in [-0.2, 0) is 11.3 Å². The second-order valence-electron chi connectivity index (χ2n) is 5.71. The number of benzene rings is 2. The first kappa shape index (κ1) is 18.8. The van der Waals surface area contributed by atoms with Gasteiger partial charge in [0.2, 0.25) is 11.6 Å². The van der Waals surface area contributed by atoms with Gasteiger partial charge in [-0.1, -0.05) is 30.3 Å². The molecule has 1 heterocycles. The number of ether oxygens (including phenoxy) is 1. The molecule has 3 aromatic rings. The summed E-state index contributed by atoms with van der Waals surface area (Å²) in [5.74, 6) is -0.314. The summed E-state index contributed by atoms with van der Waals surface area (Å²) >= 11 is 0. The Labute approximate surface area is 160 Å². The van der Waals surface area contributed by atoms with Crippen LogP contribution in [0.1, 0.15) is 15.9 Å². The predicted molar refractivity (Wildman–Crippen MR) is 104 cm³/mol. The summed E-state index contributed by atoms with van der Waals surface area (Å²) in [7, 11) is 1.29. The molecule has 1 aromatic heterocycles. The highest BCUT2D eigenvalue weighted by atomic mass is 16.6. The Morgan fingerprint density at radius 3 is 2.39 bits per heavy atom. The van der Waals surface area contributed by atoms with Crippen molar-refractivity contribution in [3.8, 4) is 0 Å². The molecule has 2 N–H and O–H groups in total. The summed E-state index contributed by atoms with van der Waals surface area (Å²) in [5, 5.41) is 17.5. The van der Waals surface area contributed by atoms with Crippen LogP contribution in [0.25, 0.3) is 0 Å². The van der Waals surface area contributed by atoms with Gasteiger partial charge >= 0.3 is 11.7 Å². The van der Waals surface area contributed by atoms with Crippen molar-refractivity contribution < 1.29 is 14.5 Å². The fraction of sp³-hybridized carbons (Fsp3) is 0.105. The third-order valence-corrected chi connectivity index (χ3v) is 3.88. The number of nitrogens with zero attached hydrogens (tertiary/aromatic N) is 3. The predicted octanol–water partition coefficient (Wildman–Crippen LogP) is 3.53. The lowest BCUT2D eigenvalue weighted by molar-refractivity contribution is -0.383. The van der Waals surface area contributed by atoms with Gasteiger partial charge in [0, 0.05) is 12.2 Å². The highest BCUT2D eigenvalue weighted by Crippen LogP contribution is 2.31. The van der Waals surface area contributed by atoms with Gasteiger partial charge in [-0.2, -0.15) is 0 Å². The molecule has 0 radical (unpaired) electrons. The first-order valence-corrected chi connectivity index (χ1v) is 8.31. The molecule has 0 aliphatic heterocycles. The number of nitrogens with one attached hydrogen (secondary N) is 2. The lowest BCUT2D eigenvalue weighted by Crippen LogP contribution is -2.08. The van der Waals surface area contributed by atoms with Gasteiger partial charge in [-0.05, 0) is 29.8 Å². The quantitative estimate of drug-likeness (QED) is 0.363. The van der Waals surface area contributed by atoms with Gasteiger partial charge in [-0.25, -0.2) is 14.8 Å². The fourth-order valence-corrected chi connectivity index (χ4v) is 2.50. The number of methoxy groups -OCH3 is 1. The Hall–Kier alpha value is -4.01. The Kier molecular flexibility index (Phi) is 5.75. The largest absolute Gasteiger partial charge is 0.465 e. The number of carbonyl (C=O) groups excluding carboxylic acids is 1. The van der Waals surface area contributed by atoms with Crippen LogP contribution < -0.4 is 10.6 Å². The lowest BCUT2D eigenvalue weighted by atomic mass is 10.2. The van der Waals surface area contributed by atoms with Gasteiger partial charge in [-0.3, -0.25) is 10.1 Å². The highest BCUT2D eigenvalue weighted by Gasteiger charge is 2.23. The molecule has 0 bridgehead atoms. The van der Waals surface area contributed by atoms with E-state index in [-0.39, 0.29) is 17.3 Å². The van der Waals surface area contributed by atoms with E-state index in [1.165, 1.54) is 13.4 Å². The molecule has 9 heteroatoms. The number of carbonyl (C=O) groups is 1. The minimum Gasteiger partial charge on any atom is -0.465 e. The van der Waals surface area contributed by atoms with Gasteiger partial charge in [0.05, 0.1) is 17.6 Å². The van der Waals surface area contributed by atoms with Crippen LogP contribution in [0, 0.1) is 10.1 Å². The maximum Gasteiger partial charge on any atom is 0.353 e. The molecule has 0 saturated heterocycles. The summed E-state index contributed by atoms with van der Waals surface area (Å²) in [5.41, 5.74) is 1.60. The van der Waals surface area contributed by atoms with Crippen molar-refractivity contribution in [1.29, 1.82) is 0 Å². The van der Waals surface area contributed by atoms with Gasteiger partial charge in [0.1, 0.15) is 6.33 Å². The summed E-state index contributed by atoms with van der Waals surface area (Å²) in [4.78, 5) is 30.6. The molecule has 0 atom stereocenters. The molecule has 9 nitrogen and oxygen atoms in total. The molecule has 0 fully saturated rings. The monoisotopic (exact) mass is 379 g/mol. The van der Waals surface area contributed by atoms with Crippen LogP contribution in [-0.4, -0.2) is 28.0 Å². The molecule has 0 unspecified atom stereocenters. The maximum atomic E-state index is 11.6. The number of rotatable bonds is 7. The van der Waals surface area contributed by atoms with Crippen molar-refractivity contribution in [2.24, 2.45) is 0 Å². The van der Waals surface area contributed by atoms with E-state index in [9.17, 15) is 14.9 Å². The maximum absolute atomic E-state index is 11.6.